The second-order valence-electron chi connectivity index (χ2n) is 5.25. The lowest BCUT2D eigenvalue weighted by Gasteiger charge is -2.23. The summed E-state index contributed by atoms with van der Waals surface area (Å²) in [5.74, 6) is 10.0. The molecule has 0 aromatic heterocycles. The molecule has 0 bridgehead atoms. The van der Waals surface area contributed by atoms with E-state index in [0.29, 0.717) is 12.0 Å². The summed E-state index contributed by atoms with van der Waals surface area (Å²) in [4.78, 5) is 0. The molecule has 1 aromatic carbocycles. The molecule has 19 heavy (non-hydrogen) atoms. The van der Waals surface area contributed by atoms with E-state index in [1.807, 2.05) is 11.8 Å². The van der Waals surface area contributed by atoms with Crippen molar-refractivity contribution in [2.75, 3.05) is 18.1 Å². The number of hydrogen-bond acceptors (Lipinski definition) is 4. The van der Waals surface area contributed by atoms with E-state index in [0.717, 1.165) is 29.7 Å². The van der Waals surface area contributed by atoms with Crippen LogP contribution in [0.3, 0.4) is 0 Å². The molecule has 0 amide bonds. The van der Waals surface area contributed by atoms with Crippen molar-refractivity contribution in [2.45, 2.75) is 25.3 Å². The molecule has 2 atom stereocenters. The number of nitrogens with one attached hydrogen (secondary N) is 1. The van der Waals surface area contributed by atoms with E-state index >= 15 is 0 Å². The van der Waals surface area contributed by atoms with Crippen molar-refractivity contribution >= 4 is 27.7 Å². The van der Waals surface area contributed by atoms with Gasteiger partial charge in [0, 0.05) is 16.9 Å². The highest BCUT2D eigenvalue weighted by Gasteiger charge is 2.27. The second kappa shape index (κ2) is 6.04. The Morgan fingerprint density at radius 2 is 2.42 bits per heavy atom. The van der Waals surface area contributed by atoms with Crippen LogP contribution >= 0.6 is 27.7 Å². The topological polar surface area (TPSA) is 47.3 Å². The zero-order valence-electron chi connectivity index (χ0n) is 10.8. The molecule has 0 aliphatic carbocycles. The van der Waals surface area contributed by atoms with Crippen molar-refractivity contribution in [3.8, 4) is 5.75 Å². The Morgan fingerprint density at radius 3 is 3.16 bits per heavy atom. The van der Waals surface area contributed by atoms with Crippen molar-refractivity contribution in [1.29, 1.82) is 0 Å². The number of fused-ring (bicyclic) bond motifs is 1. The van der Waals surface area contributed by atoms with Gasteiger partial charge in [-0.2, -0.15) is 11.8 Å². The van der Waals surface area contributed by atoms with E-state index in [4.69, 9.17) is 10.6 Å². The van der Waals surface area contributed by atoms with Crippen molar-refractivity contribution in [3.63, 3.8) is 0 Å². The zero-order chi connectivity index (χ0) is 13.2. The molecular formula is C14H19BrN2OS. The van der Waals surface area contributed by atoms with E-state index in [1.165, 1.54) is 29.1 Å². The highest BCUT2D eigenvalue weighted by Crippen LogP contribution is 2.35. The van der Waals surface area contributed by atoms with E-state index in [2.05, 4.69) is 33.5 Å². The lowest BCUT2D eigenvalue weighted by molar-refractivity contribution is 0.344. The molecule has 2 heterocycles. The summed E-state index contributed by atoms with van der Waals surface area (Å²) in [6, 6.07) is 4.69. The first-order valence-electron chi connectivity index (χ1n) is 6.76. The molecule has 1 saturated heterocycles. The molecule has 1 aromatic rings. The third-order valence-electron chi connectivity index (χ3n) is 4.01. The first-order chi connectivity index (χ1) is 9.28. The van der Waals surface area contributed by atoms with Crippen molar-refractivity contribution in [3.05, 3.63) is 27.7 Å². The number of hydrazine groups is 1. The minimum Gasteiger partial charge on any atom is -0.493 e. The van der Waals surface area contributed by atoms with E-state index in [-0.39, 0.29) is 0 Å². The van der Waals surface area contributed by atoms with Crippen LogP contribution in [0.2, 0.25) is 0 Å². The SMILES string of the molecule is NNC(Cc1cc(Br)cc2c1OCC2)C1CCSC1. The Hall–Kier alpha value is -0.230. The van der Waals surface area contributed by atoms with Crippen LogP contribution in [0.4, 0.5) is 0 Å². The Kier molecular flexibility index (Phi) is 4.37. The van der Waals surface area contributed by atoms with Crippen LogP contribution in [0.15, 0.2) is 16.6 Å². The first-order valence-corrected chi connectivity index (χ1v) is 8.70. The van der Waals surface area contributed by atoms with Gasteiger partial charge in [-0.05, 0) is 53.5 Å². The molecule has 2 aliphatic rings. The number of thioether (sulfide) groups is 1. The molecule has 1 fully saturated rings. The van der Waals surface area contributed by atoms with Gasteiger partial charge in [0.25, 0.3) is 0 Å². The summed E-state index contributed by atoms with van der Waals surface area (Å²) in [7, 11) is 0. The Bertz CT molecular complexity index is 463. The Morgan fingerprint density at radius 1 is 1.53 bits per heavy atom. The smallest absolute Gasteiger partial charge is 0.125 e. The third kappa shape index (κ3) is 2.94. The molecule has 3 nitrogen and oxygen atoms in total. The van der Waals surface area contributed by atoms with Gasteiger partial charge in [-0.3, -0.25) is 11.3 Å². The van der Waals surface area contributed by atoms with Crippen LogP contribution in [-0.4, -0.2) is 24.2 Å². The van der Waals surface area contributed by atoms with Gasteiger partial charge in [0.05, 0.1) is 6.61 Å². The fourth-order valence-electron chi connectivity index (χ4n) is 2.97. The normalized spacial score (nSPS) is 23.2. The van der Waals surface area contributed by atoms with Gasteiger partial charge in [-0.25, -0.2) is 0 Å². The van der Waals surface area contributed by atoms with E-state index in [1.54, 1.807) is 0 Å². The fraction of sp³-hybridized carbons (Fsp3) is 0.571. The summed E-state index contributed by atoms with van der Waals surface area (Å²) in [6.45, 7) is 0.804. The maximum absolute atomic E-state index is 5.80. The van der Waals surface area contributed by atoms with Gasteiger partial charge in [0.1, 0.15) is 5.75 Å². The quantitative estimate of drug-likeness (QED) is 0.652. The lowest BCUT2D eigenvalue weighted by Crippen LogP contribution is -2.42. The summed E-state index contributed by atoms with van der Waals surface area (Å²) in [5.41, 5.74) is 5.62. The van der Waals surface area contributed by atoms with Crippen LogP contribution < -0.4 is 16.0 Å². The molecule has 0 radical (unpaired) electrons. The van der Waals surface area contributed by atoms with Gasteiger partial charge in [0.15, 0.2) is 0 Å². The summed E-state index contributed by atoms with van der Waals surface area (Å²) < 4.78 is 6.94. The van der Waals surface area contributed by atoms with Crippen LogP contribution in [0.25, 0.3) is 0 Å². The standard InChI is InChI=1S/C14H19BrN2OS/c15-12-5-9-1-3-18-14(9)11(6-12)7-13(17-16)10-2-4-19-8-10/h5-6,10,13,17H,1-4,7-8,16H2. The molecule has 0 spiro atoms. The minimum absolute atomic E-state index is 0.345. The fourth-order valence-corrected chi connectivity index (χ4v) is 4.86. The second-order valence-corrected chi connectivity index (χ2v) is 7.32. The van der Waals surface area contributed by atoms with Gasteiger partial charge in [-0.15, -0.1) is 0 Å². The number of rotatable bonds is 4. The lowest BCUT2D eigenvalue weighted by atomic mass is 9.92. The van der Waals surface area contributed by atoms with Gasteiger partial charge < -0.3 is 4.74 Å². The van der Waals surface area contributed by atoms with Crippen molar-refractivity contribution in [1.82, 2.24) is 5.43 Å². The molecule has 104 valence electrons. The third-order valence-corrected chi connectivity index (χ3v) is 5.66. The summed E-state index contributed by atoms with van der Waals surface area (Å²) >= 11 is 5.63. The monoisotopic (exact) mass is 342 g/mol. The van der Waals surface area contributed by atoms with Gasteiger partial charge >= 0.3 is 0 Å². The number of ether oxygens (including phenoxy) is 1. The van der Waals surface area contributed by atoms with Crippen LogP contribution in [0, 0.1) is 5.92 Å². The first kappa shape index (κ1) is 13.7. The minimum atomic E-state index is 0.345. The Balaban J connectivity index is 1.81. The average Bonchev–Trinajstić information content (AvgIpc) is 3.05. The molecule has 3 rings (SSSR count). The highest BCUT2D eigenvalue weighted by molar-refractivity contribution is 9.10. The van der Waals surface area contributed by atoms with Crippen molar-refractivity contribution in [2.24, 2.45) is 11.8 Å². The molecule has 3 N–H and O–H groups in total. The maximum atomic E-state index is 5.80. The van der Waals surface area contributed by atoms with Crippen LogP contribution in [-0.2, 0) is 12.8 Å². The predicted molar refractivity (Wildman–Crippen MR) is 83.6 cm³/mol. The van der Waals surface area contributed by atoms with E-state index < -0.39 is 0 Å². The molecule has 5 heteroatoms. The largest absolute Gasteiger partial charge is 0.493 e. The summed E-state index contributed by atoms with van der Waals surface area (Å²) in [6.07, 6.45) is 3.22. The predicted octanol–water partition coefficient (Wildman–Crippen LogP) is 2.51. The molecule has 2 unspecified atom stereocenters. The zero-order valence-corrected chi connectivity index (χ0v) is 13.2. The highest BCUT2D eigenvalue weighted by atomic mass is 79.9. The van der Waals surface area contributed by atoms with Gasteiger partial charge in [-0.1, -0.05) is 15.9 Å². The number of halogens is 1. The van der Waals surface area contributed by atoms with Crippen LogP contribution in [0.1, 0.15) is 17.5 Å². The van der Waals surface area contributed by atoms with Crippen LogP contribution in [0.5, 0.6) is 5.75 Å². The van der Waals surface area contributed by atoms with E-state index in [9.17, 15) is 0 Å². The average molecular weight is 343 g/mol. The Labute approximate surface area is 126 Å². The summed E-state index contributed by atoms with van der Waals surface area (Å²) in [5, 5.41) is 0. The number of benzene rings is 1. The van der Waals surface area contributed by atoms with Crippen molar-refractivity contribution < 1.29 is 4.74 Å². The molecule has 2 aliphatic heterocycles. The number of nitrogens with two attached hydrogens (primary N) is 1. The van der Waals surface area contributed by atoms with Gasteiger partial charge in [0.2, 0.25) is 0 Å². The molecule has 0 saturated carbocycles. The number of hydrogen-bond donors (Lipinski definition) is 2. The maximum Gasteiger partial charge on any atom is 0.125 e. The molecular weight excluding hydrogens is 324 g/mol.